The van der Waals surface area contributed by atoms with Crippen LogP contribution in [0.5, 0.6) is 0 Å². The molecule has 0 aliphatic carbocycles. The summed E-state index contributed by atoms with van der Waals surface area (Å²) in [6.45, 7) is 4.18. The molecule has 1 aromatic rings. The first-order valence-corrected chi connectivity index (χ1v) is 5.50. The summed E-state index contributed by atoms with van der Waals surface area (Å²) in [6, 6.07) is 5.78. The Hall–Kier alpha value is -1.39. The van der Waals surface area contributed by atoms with E-state index in [9.17, 15) is 4.79 Å². The molecule has 0 saturated heterocycles. The lowest BCUT2D eigenvalue weighted by atomic mass is 10.0. The molecule has 17 heavy (non-hydrogen) atoms. The van der Waals surface area contributed by atoms with Crippen molar-refractivity contribution in [2.24, 2.45) is 0 Å². The fourth-order valence-corrected chi connectivity index (χ4v) is 1.70. The Morgan fingerprint density at radius 1 is 1.24 bits per heavy atom. The Morgan fingerprint density at radius 3 is 2.24 bits per heavy atom. The summed E-state index contributed by atoms with van der Waals surface area (Å²) in [5, 5.41) is 2.79. The van der Waals surface area contributed by atoms with Crippen molar-refractivity contribution in [2.75, 3.05) is 20.8 Å². The predicted molar refractivity (Wildman–Crippen MR) is 66.1 cm³/mol. The molecular weight excluding hydrogens is 218 g/mol. The van der Waals surface area contributed by atoms with Crippen molar-refractivity contribution in [3.05, 3.63) is 34.9 Å². The molecule has 0 aliphatic heterocycles. The van der Waals surface area contributed by atoms with Gasteiger partial charge in [-0.15, -0.1) is 0 Å². The molecule has 0 unspecified atom stereocenters. The summed E-state index contributed by atoms with van der Waals surface area (Å²) in [6.07, 6.45) is -0.414. The standard InChI is InChI=1S/C13H19NO3/c1-9-6-5-7-10(2)12(9)13(15)14-8-11(16-3)17-4/h5-7,11H,8H2,1-4H3,(H,14,15). The molecule has 0 aliphatic rings. The SMILES string of the molecule is COC(CNC(=O)c1c(C)cccc1C)OC. The highest BCUT2D eigenvalue weighted by atomic mass is 16.7. The molecule has 4 heteroatoms. The zero-order valence-corrected chi connectivity index (χ0v) is 10.7. The number of hydrogen-bond donors (Lipinski definition) is 1. The molecule has 0 fully saturated rings. The Labute approximate surface area is 102 Å². The van der Waals surface area contributed by atoms with Gasteiger partial charge in [-0.1, -0.05) is 18.2 Å². The number of aryl methyl sites for hydroxylation is 2. The third-order valence-electron chi connectivity index (χ3n) is 2.66. The van der Waals surface area contributed by atoms with Gasteiger partial charge in [-0.3, -0.25) is 4.79 Å². The average Bonchev–Trinajstić information content (AvgIpc) is 2.30. The van der Waals surface area contributed by atoms with Crippen LogP contribution in [0.25, 0.3) is 0 Å². The number of carbonyl (C=O) groups is 1. The minimum atomic E-state index is -0.414. The van der Waals surface area contributed by atoms with Crippen LogP contribution in [0, 0.1) is 13.8 Å². The Kier molecular flexibility index (Phi) is 5.12. The minimum absolute atomic E-state index is 0.0975. The van der Waals surface area contributed by atoms with Crippen LogP contribution in [-0.2, 0) is 9.47 Å². The molecule has 0 spiro atoms. The molecule has 1 N–H and O–H groups in total. The van der Waals surface area contributed by atoms with E-state index in [1.165, 1.54) is 0 Å². The van der Waals surface area contributed by atoms with Crippen LogP contribution in [0.2, 0.25) is 0 Å². The molecule has 0 bridgehead atoms. The molecule has 0 heterocycles. The second kappa shape index (κ2) is 6.37. The first kappa shape index (κ1) is 13.7. The fraction of sp³-hybridized carbons (Fsp3) is 0.462. The van der Waals surface area contributed by atoms with E-state index >= 15 is 0 Å². The van der Waals surface area contributed by atoms with Crippen LogP contribution in [-0.4, -0.2) is 33.0 Å². The largest absolute Gasteiger partial charge is 0.354 e. The van der Waals surface area contributed by atoms with Gasteiger partial charge >= 0.3 is 0 Å². The molecule has 0 saturated carbocycles. The number of amides is 1. The maximum absolute atomic E-state index is 12.0. The maximum atomic E-state index is 12.0. The minimum Gasteiger partial charge on any atom is -0.354 e. The lowest BCUT2D eigenvalue weighted by molar-refractivity contribution is -0.0974. The number of benzene rings is 1. The van der Waals surface area contributed by atoms with Crippen molar-refractivity contribution in [2.45, 2.75) is 20.1 Å². The van der Waals surface area contributed by atoms with Crippen molar-refractivity contribution in [3.8, 4) is 0 Å². The van der Waals surface area contributed by atoms with E-state index in [4.69, 9.17) is 9.47 Å². The Balaban J connectivity index is 2.70. The topological polar surface area (TPSA) is 47.6 Å². The van der Waals surface area contributed by atoms with Crippen LogP contribution in [0.4, 0.5) is 0 Å². The lowest BCUT2D eigenvalue weighted by Crippen LogP contribution is -2.34. The van der Waals surface area contributed by atoms with Crippen LogP contribution in [0.3, 0.4) is 0 Å². The lowest BCUT2D eigenvalue weighted by Gasteiger charge is -2.15. The Bertz CT molecular complexity index is 366. The van der Waals surface area contributed by atoms with E-state index in [-0.39, 0.29) is 5.91 Å². The van der Waals surface area contributed by atoms with E-state index < -0.39 is 6.29 Å². The van der Waals surface area contributed by atoms with Crippen LogP contribution >= 0.6 is 0 Å². The molecular formula is C13H19NO3. The number of methoxy groups -OCH3 is 2. The first-order chi connectivity index (χ1) is 8.10. The van der Waals surface area contributed by atoms with Gasteiger partial charge < -0.3 is 14.8 Å². The van der Waals surface area contributed by atoms with Gasteiger partial charge in [0.25, 0.3) is 5.91 Å². The van der Waals surface area contributed by atoms with Crippen LogP contribution in [0.1, 0.15) is 21.5 Å². The first-order valence-electron chi connectivity index (χ1n) is 5.50. The molecule has 1 amide bonds. The zero-order chi connectivity index (χ0) is 12.8. The van der Waals surface area contributed by atoms with E-state index in [0.717, 1.165) is 16.7 Å². The fourth-order valence-electron chi connectivity index (χ4n) is 1.70. The van der Waals surface area contributed by atoms with Gasteiger partial charge in [0.05, 0.1) is 6.54 Å². The van der Waals surface area contributed by atoms with Gasteiger partial charge in [-0.2, -0.15) is 0 Å². The van der Waals surface area contributed by atoms with Crippen molar-refractivity contribution >= 4 is 5.91 Å². The van der Waals surface area contributed by atoms with Gasteiger partial charge in [-0.25, -0.2) is 0 Å². The van der Waals surface area contributed by atoms with Gasteiger partial charge in [-0.05, 0) is 25.0 Å². The van der Waals surface area contributed by atoms with Crippen molar-refractivity contribution in [1.82, 2.24) is 5.32 Å². The number of hydrogen-bond acceptors (Lipinski definition) is 3. The third-order valence-corrected chi connectivity index (χ3v) is 2.66. The molecule has 1 rings (SSSR count). The summed E-state index contributed by atoms with van der Waals surface area (Å²) in [4.78, 5) is 12.0. The van der Waals surface area contributed by atoms with Gasteiger partial charge in [0.1, 0.15) is 0 Å². The van der Waals surface area contributed by atoms with Crippen molar-refractivity contribution in [1.29, 1.82) is 0 Å². The number of rotatable bonds is 5. The van der Waals surface area contributed by atoms with Crippen molar-refractivity contribution < 1.29 is 14.3 Å². The second-order valence-corrected chi connectivity index (χ2v) is 3.88. The Morgan fingerprint density at radius 2 is 1.76 bits per heavy atom. The molecule has 94 valence electrons. The van der Waals surface area contributed by atoms with Gasteiger partial charge in [0.2, 0.25) is 0 Å². The third kappa shape index (κ3) is 3.54. The highest BCUT2D eigenvalue weighted by Gasteiger charge is 2.13. The van der Waals surface area contributed by atoms with Gasteiger partial charge in [0.15, 0.2) is 6.29 Å². The van der Waals surface area contributed by atoms with Crippen LogP contribution < -0.4 is 5.32 Å². The highest BCUT2D eigenvalue weighted by molar-refractivity contribution is 5.97. The number of nitrogens with one attached hydrogen (secondary N) is 1. The molecule has 0 aromatic heterocycles. The second-order valence-electron chi connectivity index (χ2n) is 3.88. The summed E-state index contributed by atoms with van der Waals surface area (Å²) in [5.41, 5.74) is 2.65. The zero-order valence-electron chi connectivity index (χ0n) is 10.7. The van der Waals surface area contributed by atoms with E-state index in [1.807, 2.05) is 32.0 Å². The average molecular weight is 237 g/mol. The van der Waals surface area contributed by atoms with Crippen LogP contribution in [0.15, 0.2) is 18.2 Å². The van der Waals surface area contributed by atoms with E-state index in [0.29, 0.717) is 6.54 Å². The molecule has 0 radical (unpaired) electrons. The summed E-state index contributed by atoms with van der Waals surface area (Å²) in [5.74, 6) is -0.0975. The monoisotopic (exact) mass is 237 g/mol. The predicted octanol–water partition coefficient (Wildman–Crippen LogP) is 1.65. The highest BCUT2D eigenvalue weighted by Crippen LogP contribution is 2.12. The summed E-state index contributed by atoms with van der Waals surface area (Å²) < 4.78 is 10.0. The van der Waals surface area contributed by atoms with Gasteiger partial charge in [0, 0.05) is 19.8 Å². The number of carbonyl (C=O) groups excluding carboxylic acids is 1. The molecule has 1 aromatic carbocycles. The summed E-state index contributed by atoms with van der Waals surface area (Å²) in [7, 11) is 3.08. The van der Waals surface area contributed by atoms with E-state index in [2.05, 4.69) is 5.32 Å². The quantitative estimate of drug-likeness (QED) is 0.792. The van der Waals surface area contributed by atoms with Crippen molar-refractivity contribution in [3.63, 3.8) is 0 Å². The molecule has 0 atom stereocenters. The normalized spacial score (nSPS) is 10.6. The molecule has 4 nitrogen and oxygen atoms in total. The number of ether oxygens (including phenoxy) is 2. The maximum Gasteiger partial charge on any atom is 0.251 e. The smallest absolute Gasteiger partial charge is 0.251 e. The van der Waals surface area contributed by atoms with E-state index in [1.54, 1.807) is 14.2 Å². The summed E-state index contributed by atoms with van der Waals surface area (Å²) >= 11 is 0.